The molecule has 1 saturated heterocycles. The van der Waals surface area contributed by atoms with Gasteiger partial charge in [-0.2, -0.15) is 4.98 Å². The van der Waals surface area contributed by atoms with Crippen molar-refractivity contribution in [1.29, 1.82) is 0 Å². The average Bonchev–Trinajstić information content (AvgIpc) is 3.61. The molecule has 2 fully saturated rings. The van der Waals surface area contributed by atoms with E-state index in [0.717, 1.165) is 78.2 Å². The van der Waals surface area contributed by atoms with Crippen LogP contribution >= 0.6 is 23.2 Å². The van der Waals surface area contributed by atoms with E-state index in [0.29, 0.717) is 6.04 Å². The van der Waals surface area contributed by atoms with Gasteiger partial charge >= 0.3 is 0 Å². The molecule has 0 spiro atoms. The first-order chi connectivity index (χ1) is 16.6. The zero-order valence-electron chi connectivity index (χ0n) is 19.1. The van der Waals surface area contributed by atoms with E-state index in [9.17, 15) is 0 Å². The van der Waals surface area contributed by atoms with Gasteiger partial charge < -0.3 is 4.57 Å². The summed E-state index contributed by atoms with van der Waals surface area (Å²) in [5.41, 5.74) is 3.89. The van der Waals surface area contributed by atoms with Crippen LogP contribution in [0.3, 0.4) is 0 Å². The van der Waals surface area contributed by atoms with E-state index < -0.39 is 5.66 Å². The van der Waals surface area contributed by atoms with Crippen LogP contribution in [0.2, 0.25) is 10.3 Å². The first-order valence-electron chi connectivity index (χ1n) is 12.3. The Labute approximate surface area is 209 Å². The van der Waals surface area contributed by atoms with Gasteiger partial charge in [-0.25, -0.2) is 9.97 Å². The normalized spacial score (nSPS) is 23.8. The van der Waals surface area contributed by atoms with E-state index in [1.807, 2.05) is 30.7 Å². The number of piperidine rings is 1. The summed E-state index contributed by atoms with van der Waals surface area (Å²) in [7, 11) is 0. The van der Waals surface area contributed by atoms with Gasteiger partial charge in [-0.3, -0.25) is 9.89 Å². The van der Waals surface area contributed by atoms with Gasteiger partial charge in [0, 0.05) is 36.8 Å². The number of imidazole rings is 1. The van der Waals surface area contributed by atoms with Crippen LogP contribution in [0.1, 0.15) is 62.2 Å². The molecule has 1 saturated carbocycles. The topological polar surface area (TPSA) is 59.2 Å². The third kappa shape index (κ3) is 3.86. The Balaban J connectivity index is 1.48. The van der Waals surface area contributed by atoms with Crippen LogP contribution in [0.5, 0.6) is 0 Å². The Morgan fingerprint density at radius 2 is 1.76 bits per heavy atom. The van der Waals surface area contributed by atoms with Gasteiger partial charge in [-0.05, 0) is 60.6 Å². The quantitative estimate of drug-likeness (QED) is 0.399. The SMILES string of the molecule is Clc1nc(C2(N3CCCCC3)C=C(Cc3ccccc3Cl)C=N2)c2ncn(C3CCCC3)c2n1. The Morgan fingerprint density at radius 1 is 0.971 bits per heavy atom. The van der Waals surface area contributed by atoms with Crippen molar-refractivity contribution in [2.75, 3.05) is 13.1 Å². The summed E-state index contributed by atoms with van der Waals surface area (Å²) in [4.78, 5) is 21.8. The lowest BCUT2D eigenvalue weighted by Gasteiger charge is -2.39. The summed E-state index contributed by atoms with van der Waals surface area (Å²) in [5.74, 6) is 0. The van der Waals surface area contributed by atoms with E-state index in [2.05, 4.69) is 26.6 Å². The zero-order valence-corrected chi connectivity index (χ0v) is 20.6. The Morgan fingerprint density at radius 3 is 2.56 bits per heavy atom. The molecule has 2 aliphatic heterocycles. The highest BCUT2D eigenvalue weighted by atomic mass is 35.5. The Hall–Kier alpha value is -2.28. The van der Waals surface area contributed by atoms with E-state index in [4.69, 9.17) is 38.2 Å². The molecule has 4 heterocycles. The second kappa shape index (κ2) is 9.06. The smallest absolute Gasteiger partial charge is 0.224 e. The molecule has 0 bridgehead atoms. The third-order valence-corrected chi connectivity index (χ3v) is 8.00. The van der Waals surface area contributed by atoms with Gasteiger partial charge in [-0.1, -0.05) is 49.1 Å². The Bertz CT molecular complexity index is 1270. The molecular formula is C26H28Cl2N6. The number of likely N-dealkylation sites (tertiary alicyclic amines) is 1. The molecule has 1 aromatic carbocycles. The summed E-state index contributed by atoms with van der Waals surface area (Å²) in [6, 6.07) is 8.41. The number of halogens is 2. The second-order valence-electron chi connectivity index (χ2n) is 9.62. The number of nitrogens with zero attached hydrogens (tertiary/aromatic N) is 6. The number of allylic oxidation sites excluding steroid dienone is 1. The van der Waals surface area contributed by atoms with Crippen LogP contribution in [-0.2, 0) is 12.1 Å². The van der Waals surface area contributed by atoms with E-state index in [1.54, 1.807) is 0 Å². The standard InChI is InChI=1S/C26H28Cl2N6/c27-21-11-5-2-8-19(21)14-18-15-26(30-16-18,33-12-6-1-7-13-33)23-22-24(32-25(28)31-23)34(17-29-22)20-9-3-4-10-20/h2,5,8,11,15-17,20H,1,3-4,6-7,9-10,12-14H2. The molecular weight excluding hydrogens is 467 g/mol. The summed E-state index contributed by atoms with van der Waals surface area (Å²) in [6.45, 7) is 1.92. The molecule has 0 N–H and O–H groups in total. The fourth-order valence-corrected chi connectivity index (χ4v) is 6.12. The molecule has 3 aliphatic rings. The monoisotopic (exact) mass is 494 g/mol. The fourth-order valence-electron chi connectivity index (χ4n) is 5.76. The molecule has 176 valence electrons. The van der Waals surface area contributed by atoms with Crippen molar-refractivity contribution in [3.63, 3.8) is 0 Å². The highest BCUT2D eigenvalue weighted by molar-refractivity contribution is 6.31. The zero-order chi connectivity index (χ0) is 23.1. The van der Waals surface area contributed by atoms with Crippen LogP contribution in [-0.4, -0.2) is 43.7 Å². The number of fused-ring (bicyclic) bond motifs is 1. The predicted octanol–water partition coefficient (Wildman–Crippen LogP) is 6.14. The molecule has 1 unspecified atom stereocenters. The highest BCUT2D eigenvalue weighted by Gasteiger charge is 2.43. The van der Waals surface area contributed by atoms with Gasteiger partial charge in [0.2, 0.25) is 5.28 Å². The van der Waals surface area contributed by atoms with Crippen molar-refractivity contribution in [1.82, 2.24) is 24.4 Å². The third-order valence-electron chi connectivity index (χ3n) is 7.47. The van der Waals surface area contributed by atoms with Gasteiger partial charge in [0.15, 0.2) is 11.3 Å². The molecule has 0 amide bonds. The van der Waals surface area contributed by atoms with Crippen LogP contribution in [0.4, 0.5) is 0 Å². The van der Waals surface area contributed by atoms with Crippen LogP contribution in [0, 0.1) is 0 Å². The minimum Gasteiger partial charge on any atom is -0.312 e. The minimum atomic E-state index is -0.725. The highest BCUT2D eigenvalue weighted by Crippen LogP contribution is 2.41. The van der Waals surface area contributed by atoms with Crippen molar-refractivity contribution in [3.8, 4) is 0 Å². The second-order valence-corrected chi connectivity index (χ2v) is 10.4. The number of rotatable bonds is 5. The van der Waals surface area contributed by atoms with Crippen molar-refractivity contribution in [2.45, 2.75) is 63.1 Å². The average molecular weight is 495 g/mol. The first-order valence-corrected chi connectivity index (χ1v) is 13.1. The molecule has 8 heteroatoms. The fraction of sp³-hybridized carbons (Fsp3) is 0.462. The predicted molar refractivity (Wildman–Crippen MR) is 137 cm³/mol. The molecule has 3 aromatic rings. The lowest BCUT2D eigenvalue weighted by molar-refractivity contribution is 0.110. The van der Waals surface area contributed by atoms with E-state index >= 15 is 0 Å². The summed E-state index contributed by atoms with van der Waals surface area (Å²) in [5, 5.41) is 1.02. The lowest BCUT2D eigenvalue weighted by atomic mass is 9.96. The van der Waals surface area contributed by atoms with Gasteiger partial charge in [0.25, 0.3) is 0 Å². The van der Waals surface area contributed by atoms with Crippen molar-refractivity contribution < 1.29 is 0 Å². The van der Waals surface area contributed by atoms with Crippen molar-refractivity contribution in [2.24, 2.45) is 4.99 Å². The molecule has 0 radical (unpaired) electrons. The molecule has 2 aromatic heterocycles. The maximum absolute atomic E-state index is 6.55. The molecule has 1 atom stereocenters. The van der Waals surface area contributed by atoms with Crippen molar-refractivity contribution in [3.05, 3.63) is 63.8 Å². The number of aliphatic imine (C=N–C) groups is 1. The molecule has 6 rings (SSSR count). The minimum absolute atomic E-state index is 0.252. The number of hydrogen-bond donors (Lipinski definition) is 0. The molecule has 1 aliphatic carbocycles. The lowest BCUT2D eigenvalue weighted by Crippen LogP contribution is -2.46. The molecule has 34 heavy (non-hydrogen) atoms. The largest absolute Gasteiger partial charge is 0.312 e. The Kier molecular flexibility index (Phi) is 5.92. The molecule has 6 nitrogen and oxygen atoms in total. The number of benzene rings is 1. The van der Waals surface area contributed by atoms with E-state index in [1.165, 1.54) is 19.3 Å². The maximum atomic E-state index is 6.55. The van der Waals surface area contributed by atoms with Gasteiger partial charge in [0.1, 0.15) is 11.2 Å². The van der Waals surface area contributed by atoms with Crippen molar-refractivity contribution >= 4 is 40.6 Å². The first kappa shape index (κ1) is 22.2. The van der Waals surface area contributed by atoms with Gasteiger partial charge in [0.05, 0.1) is 6.33 Å². The number of aromatic nitrogens is 4. The van der Waals surface area contributed by atoms with Gasteiger partial charge in [-0.15, -0.1) is 0 Å². The summed E-state index contributed by atoms with van der Waals surface area (Å²) < 4.78 is 2.20. The summed E-state index contributed by atoms with van der Waals surface area (Å²) >= 11 is 13.0. The van der Waals surface area contributed by atoms with Crippen LogP contribution in [0.15, 0.2) is 47.2 Å². The van der Waals surface area contributed by atoms with Crippen LogP contribution in [0.25, 0.3) is 11.2 Å². The number of hydrogen-bond acceptors (Lipinski definition) is 5. The van der Waals surface area contributed by atoms with Crippen LogP contribution < -0.4 is 0 Å². The maximum Gasteiger partial charge on any atom is 0.224 e. The summed E-state index contributed by atoms with van der Waals surface area (Å²) in [6.07, 6.45) is 15.2. The van der Waals surface area contributed by atoms with E-state index in [-0.39, 0.29) is 5.28 Å².